The molecule has 0 amide bonds. The van der Waals surface area contributed by atoms with E-state index in [0.717, 1.165) is 31.2 Å². The van der Waals surface area contributed by atoms with Crippen LogP contribution in [-0.2, 0) is 0 Å². The zero-order valence-corrected chi connectivity index (χ0v) is 13.7. The number of benzene rings is 2. The number of fused-ring (bicyclic) bond motifs is 3. The molecule has 2 aromatic carbocycles. The summed E-state index contributed by atoms with van der Waals surface area (Å²) in [6.45, 7) is 5.26. The van der Waals surface area contributed by atoms with Crippen LogP contribution in [0.15, 0.2) is 48.5 Å². The fraction of sp³-hybridized carbons (Fsp3) is 0.400. The van der Waals surface area contributed by atoms with E-state index >= 15 is 0 Å². The molecule has 1 fully saturated rings. The molecule has 2 aliphatic heterocycles. The lowest BCUT2D eigenvalue weighted by atomic mass is 9.86. The van der Waals surface area contributed by atoms with Gasteiger partial charge < -0.3 is 9.47 Å². The zero-order chi connectivity index (χ0) is 15.8. The van der Waals surface area contributed by atoms with Crippen molar-refractivity contribution >= 4 is 0 Å². The molecule has 0 spiro atoms. The normalized spacial score (nSPS) is 24.4. The van der Waals surface area contributed by atoms with Gasteiger partial charge in [-0.05, 0) is 24.6 Å². The van der Waals surface area contributed by atoms with E-state index in [9.17, 15) is 0 Å². The van der Waals surface area contributed by atoms with Gasteiger partial charge in [0, 0.05) is 36.5 Å². The van der Waals surface area contributed by atoms with Crippen LogP contribution in [0.2, 0.25) is 0 Å². The molecule has 0 aromatic heterocycles. The smallest absolute Gasteiger partial charge is 0.126 e. The summed E-state index contributed by atoms with van der Waals surface area (Å²) >= 11 is 0. The molecule has 2 aliphatic rings. The molecule has 23 heavy (non-hydrogen) atoms. The highest BCUT2D eigenvalue weighted by atomic mass is 16.5. The second-order valence-corrected chi connectivity index (χ2v) is 6.59. The fourth-order valence-electron chi connectivity index (χ4n) is 4.05. The van der Waals surface area contributed by atoms with Crippen LogP contribution in [-0.4, -0.2) is 31.7 Å². The van der Waals surface area contributed by atoms with Crippen LogP contribution in [0.5, 0.6) is 11.5 Å². The summed E-state index contributed by atoms with van der Waals surface area (Å²) in [6.07, 6.45) is 0. The van der Waals surface area contributed by atoms with E-state index in [4.69, 9.17) is 9.47 Å². The van der Waals surface area contributed by atoms with Crippen molar-refractivity contribution < 1.29 is 9.47 Å². The van der Waals surface area contributed by atoms with Gasteiger partial charge in [-0.15, -0.1) is 0 Å². The first kappa shape index (κ1) is 14.6. The number of methoxy groups -OCH3 is 1. The van der Waals surface area contributed by atoms with Crippen LogP contribution in [0, 0.1) is 5.92 Å². The predicted octanol–water partition coefficient (Wildman–Crippen LogP) is 3.86. The van der Waals surface area contributed by atoms with E-state index in [1.54, 1.807) is 7.11 Å². The minimum Gasteiger partial charge on any atom is -0.496 e. The van der Waals surface area contributed by atoms with Crippen LogP contribution in [0.25, 0.3) is 0 Å². The summed E-state index contributed by atoms with van der Waals surface area (Å²) in [7, 11) is 1.75. The summed E-state index contributed by atoms with van der Waals surface area (Å²) < 4.78 is 11.6. The Hall–Kier alpha value is -2.00. The van der Waals surface area contributed by atoms with Gasteiger partial charge in [-0.1, -0.05) is 36.4 Å². The molecule has 1 unspecified atom stereocenters. The van der Waals surface area contributed by atoms with Crippen molar-refractivity contribution in [2.75, 3.05) is 26.8 Å². The maximum absolute atomic E-state index is 6.01. The highest BCUT2D eigenvalue weighted by Gasteiger charge is 2.41. The first-order valence-corrected chi connectivity index (χ1v) is 8.36. The van der Waals surface area contributed by atoms with Gasteiger partial charge in [0.25, 0.3) is 0 Å². The number of hydrogen-bond donors (Lipinski definition) is 0. The lowest BCUT2D eigenvalue weighted by Gasteiger charge is -2.29. The molecule has 0 radical (unpaired) electrons. The standard InChI is InChI=1S/C20H23NO2/c1-14(15-7-4-3-5-8-15)21-11-16-13-23-19-10-6-9-18(22-2)20(19)17(16)12-21/h3-10,14,16-17H,11-13H2,1-2H3/t14?,16-,17-/m0/s1. The summed E-state index contributed by atoms with van der Waals surface area (Å²) in [5, 5.41) is 0. The first-order valence-electron chi connectivity index (χ1n) is 8.36. The van der Waals surface area contributed by atoms with Crippen LogP contribution in [0.3, 0.4) is 0 Å². The van der Waals surface area contributed by atoms with E-state index in [0.29, 0.717) is 17.9 Å². The van der Waals surface area contributed by atoms with Crippen LogP contribution >= 0.6 is 0 Å². The number of ether oxygens (including phenoxy) is 2. The van der Waals surface area contributed by atoms with Gasteiger partial charge in [-0.3, -0.25) is 4.90 Å². The third-order valence-corrected chi connectivity index (χ3v) is 5.37. The van der Waals surface area contributed by atoms with Crippen molar-refractivity contribution in [3.8, 4) is 11.5 Å². The van der Waals surface area contributed by atoms with Gasteiger partial charge in [0.2, 0.25) is 0 Å². The minimum atomic E-state index is 0.431. The number of likely N-dealkylation sites (tertiary alicyclic amines) is 1. The Bertz CT molecular complexity index is 671. The number of hydrogen-bond acceptors (Lipinski definition) is 3. The lowest BCUT2D eigenvalue weighted by Crippen LogP contribution is -2.26. The molecule has 1 saturated heterocycles. The molecule has 2 aromatic rings. The largest absolute Gasteiger partial charge is 0.496 e. The molecular formula is C20H23NO2. The van der Waals surface area contributed by atoms with Gasteiger partial charge in [-0.2, -0.15) is 0 Å². The zero-order valence-electron chi connectivity index (χ0n) is 13.7. The highest BCUT2D eigenvalue weighted by Crippen LogP contribution is 2.47. The van der Waals surface area contributed by atoms with Gasteiger partial charge in [0.05, 0.1) is 13.7 Å². The SMILES string of the molecule is COc1cccc2c1[C@H]1CN(C(C)c3ccccc3)C[C@H]1CO2. The maximum Gasteiger partial charge on any atom is 0.126 e. The Morgan fingerprint density at radius 3 is 2.70 bits per heavy atom. The van der Waals surface area contributed by atoms with Crippen LogP contribution in [0.4, 0.5) is 0 Å². The average Bonchev–Trinajstić information content (AvgIpc) is 3.05. The molecule has 4 rings (SSSR count). The summed E-state index contributed by atoms with van der Waals surface area (Å²) in [5.74, 6) is 3.01. The van der Waals surface area contributed by atoms with Gasteiger partial charge in [-0.25, -0.2) is 0 Å². The minimum absolute atomic E-state index is 0.431. The third-order valence-electron chi connectivity index (χ3n) is 5.37. The second kappa shape index (κ2) is 5.89. The molecule has 2 heterocycles. The lowest BCUT2D eigenvalue weighted by molar-refractivity contribution is 0.201. The van der Waals surface area contributed by atoms with Gasteiger partial charge in [0.15, 0.2) is 0 Å². The molecule has 0 N–H and O–H groups in total. The van der Waals surface area contributed by atoms with Gasteiger partial charge >= 0.3 is 0 Å². The number of nitrogens with zero attached hydrogens (tertiary/aromatic N) is 1. The Kier molecular flexibility index (Phi) is 3.74. The molecule has 0 bridgehead atoms. The quantitative estimate of drug-likeness (QED) is 0.859. The van der Waals surface area contributed by atoms with E-state index in [1.807, 2.05) is 12.1 Å². The topological polar surface area (TPSA) is 21.7 Å². The first-order chi connectivity index (χ1) is 11.3. The van der Waals surface area contributed by atoms with Crippen LogP contribution < -0.4 is 9.47 Å². The number of rotatable bonds is 3. The molecule has 120 valence electrons. The second-order valence-electron chi connectivity index (χ2n) is 6.59. The average molecular weight is 309 g/mol. The van der Waals surface area contributed by atoms with Crippen molar-refractivity contribution in [1.82, 2.24) is 4.90 Å². The Morgan fingerprint density at radius 1 is 1.09 bits per heavy atom. The predicted molar refractivity (Wildman–Crippen MR) is 91.2 cm³/mol. The summed E-state index contributed by atoms with van der Waals surface area (Å²) in [4.78, 5) is 2.58. The summed E-state index contributed by atoms with van der Waals surface area (Å²) in [5.41, 5.74) is 2.64. The molecule has 0 saturated carbocycles. The Balaban J connectivity index is 1.62. The van der Waals surface area contributed by atoms with Crippen molar-refractivity contribution in [2.24, 2.45) is 5.92 Å². The summed E-state index contributed by atoms with van der Waals surface area (Å²) in [6, 6.07) is 17.3. The third kappa shape index (κ3) is 2.49. The Morgan fingerprint density at radius 2 is 1.91 bits per heavy atom. The van der Waals surface area contributed by atoms with Crippen molar-refractivity contribution in [3.05, 3.63) is 59.7 Å². The molecule has 3 nitrogen and oxygen atoms in total. The van der Waals surface area contributed by atoms with E-state index in [-0.39, 0.29) is 0 Å². The maximum atomic E-state index is 6.01. The Labute approximate surface area is 137 Å². The fourth-order valence-corrected chi connectivity index (χ4v) is 4.05. The van der Waals surface area contributed by atoms with Crippen molar-refractivity contribution in [3.63, 3.8) is 0 Å². The van der Waals surface area contributed by atoms with Crippen molar-refractivity contribution in [1.29, 1.82) is 0 Å². The molecule has 3 atom stereocenters. The molecule has 3 heteroatoms. The van der Waals surface area contributed by atoms with Crippen molar-refractivity contribution in [2.45, 2.75) is 18.9 Å². The van der Waals surface area contributed by atoms with E-state index < -0.39 is 0 Å². The van der Waals surface area contributed by atoms with E-state index in [2.05, 4.69) is 48.2 Å². The van der Waals surface area contributed by atoms with Crippen LogP contribution in [0.1, 0.15) is 30.0 Å². The molecule has 0 aliphatic carbocycles. The van der Waals surface area contributed by atoms with E-state index in [1.165, 1.54) is 11.1 Å². The highest BCUT2D eigenvalue weighted by molar-refractivity contribution is 5.49. The molecular weight excluding hydrogens is 286 g/mol. The monoisotopic (exact) mass is 309 g/mol. The van der Waals surface area contributed by atoms with Gasteiger partial charge in [0.1, 0.15) is 11.5 Å².